The lowest BCUT2D eigenvalue weighted by atomic mass is 9.71. The minimum absolute atomic E-state index is 0. The zero-order valence-electron chi connectivity index (χ0n) is 36.4. The lowest BCUT2D eigenvalue weighted by Crippen LogP contribution is -2.46. The summed E-state index contributed by atoms with van der Waals surface area (Å²) in [7, 11) is -1.12. The number of carboxylic acids is 1. The summed E-state index contributed by atoms with van der Waals surface area (Å²) in [5.41, 5.74) is 14.4. The summed E-state index contributed by atoms with van der Waals surface area (Å²) in [6.07, 6.45) is 12.5. The zero-order chi connectivity index (χ0) is 44.0. The average molecular weight is 891 g/mol. The number of aromatic amines is 1. The molecule has 2 aromatic carbocycles. The van der Waals surface area contributed by atoms with Crippen molar-refractivity contribution in [2.24, 2.45) is 10.8 Å². The van der Waals surface area contributed by atoms with Crippen LogP contribution in [0.5, 0.6) is 0 Å². The third-order valence-corrected chi connectivity index (χ3v) is 13.9. The lowest BCUT2D eigenvalue weighted by molar-refractivity contribution is -0.120. The number of hydrogen-bond donors (Lipinski definition) is 4. The molecule has 10 rings (SSSR count). The SMILES string of the molecule is C.C[Si](C)(C)CCOCn1nc(C(=O)O)c2c1CCC1(COC1)C2.Nc1cnn(Cc2ccccc2)c1.O=C(Nc1cnn(Cc2ccccc2)c1)c1n[nH]c2c1CC1(CC2)COC1. The Labute approximate surface area is 375 Å². The Kier molecular flexibility index (Phi) is 14.3. The number of carbonyl (C=O) groups excluding carboxylic acids is 1. The molecule has 2 spiro atoms. The molecule has 0 atom stereocenters. The first-order valence-corrected chi connectivity index (χ1v) is 25.4. The Morgan fingerprint density at radius 3 is 2.00 bits per heavy atom. The van der Waals surface area contributed by atoms with Gasteiger partial charge in [-0.2, -0.15) is 20.4 Å². The third-order valence-electron chi connectivity index (χ3n) is 12.2. The topological polar surface area (TPSA) is 202 Å². The first-order valence-electron chi connectivity index (χ1n) is 21.7. The molecule has 2 saturated heterocycles. The van der Waals surface area contributed by atoms with Crippen LogP contribution in [0.1, 0.15) is 74.9 Å². The Morgan fingerprint density at radius 2 is 1.44 bits per heavy atom. The van der Waals surface area contributed by atoms with Crippen LogP contribution in [0.25, 0.3) is 0 Å². The van der Waals surface area contributed by atoms with Crippen LogP contribution in [0, 0.1) is 10.8 Å². The average Bonchev–Trinajstić information content (AvgIpc) is 4.05. The Bertz CT molecular complexity index is 2480. The number of H-pyrrole nitrogens is 1. The second-order valence-corrected chi connectivity index (χ2v) is 24.2. The van der Waals surface area contributed by atoms with Crippen LogP contribution < -0.4 is 11.1 Å². The number of nitrogens with one attached hydrogen (secondary N) is 2. The summed E-state index contributed by atoms with van der Waals surface area (Å²) < 4.78 is 21.9. The van der Waals surface area contributed by atoms with E-state index in [1.807, 2.05) is 58.2 Å². The number of aromatic nitrogens is 8. The van der Waals surface area contributed by atoms with Gasteiger partial charge in [-0.15, -0.1) is 0 Å². The Morgan fingerprint density at radius 1 is 0.844 bits per heavy atom. The maximum absolute atomic E-state index is 12.8. The Balaban J connectivity index is 0.000000151. The minimum Gasteiger partial charge on any atom is -0.476 e. The number of anilines is 2. The number of benzene rings is 2. The summed E-state index contributed by atoms with van der Waals surface area (Å²) in [4.78, 5) is 24.3. The van der Waals surface area contributed by atoms with E-state index in [-0.39, 0.29) is 29.9 Å². The highest BCUT2D eigenvalue weighted by atomic mass is 28.3. The predicted octanol–water partition coefficient (Wildman–Crippen LogP) is 6.96. The molecule has 16 nitrogen and oxygen atoms in total. The van der Waals surface area contributed by atoms with Crippen LogP contribution in [0.4, 0.5) is 11.4 Å². The van der Waals surface area contributed by atoms with Crippen molar-refractivity contribution in [3.05, 3.63) is 130 Å². The molecule has 5 N–H and O–H groups in total. The molecule has 6 aromatic rings. The molecule has 2 aliphatic carbocycles. The van der Waals surface area contributed by atoms with Gasteiger partial charge in [-0.25, -0.2) is 9.48 Å². The van der Waals surface area contributed by atoms with Gasteiger partial charge in [0.15, 0.2) is 11.4 Å². The van der Waals surface area contributed by atoms with Gasteiger partial charge in [-0.3, -0.25) is 19.3 Å². The van der Waals surface area contributed by atoms with Gasteiger partial charge in [0, 0.05) is 60.4 Å². The molecule has 4 aromatic heterocycles. The van der Waals surface area contributed by atoms with E-state index in [2.05, 4.69) is 74.7 Å². The maximum Gasteiger partial charge on any atom is 0.356 e. The molecule has 0 saturated carbocycles. The van der Waals surface area contributed by atoms with Crippen molar-refractivity contribution in [2.45, 2.75) is 91.5 Å². The molecular weight excluding hydrogens is 829 g/mol. The number of ether oxygens (including phenoxy) is 3. The van der Waals surface area contributed by atoms with E-state index in [1.165, 1.54) is 5.56 Å². The number of aryl methyl sites for hydroxylation is 1. The molecule has 340 valence electrons. The van der Waals surface area contributed by atoms with Gasteiger partial charge in [0.1, 0.15) is 6.73 Å². The first-order chi connectivity index (χ1) is 30.3. The van der Waals surface area contributed by atoms with Crippen LogP contribution in [0.15, 0.2) is 85.5 Å². The predicted molar refractivity (Wildman–Crippen MR) is 247 cm³/mol. The van der Waals surface area contributed by atoms with Crippen LogP contribution >= 0.6 is 0 Å². The number of rotatable bonds is 12. The second-order valence-electron chi connectivity index (χ2n) is 18.6. The van der Waals surface area contributed by atoms with E-state index in [9.17, 15) is 14.7 Å². The largest absolute Gasteiger partial charge is 0.476 e. The smallest absolute Gasteiger partial charge is 0.356 e. The quantitative estimate of drug-likeness (QED) is 0.0731. The first kappa shape index (κ1) is 46.1. The van der Waals surface area contributed by atoms with Crippen molar-refractivity contribution in [3.63, 3.8) is 0 Å². The summed E-state index contributed by atoms with van der Waals surface area (Å²) in [6, 6.07) is 21.4. The molecule has 64 heavy (non-hydrogen) atoms. The van der Waals surface area contributed by atoms with Gasteiger partial charge < -0.3 is 30.4 Å². The van der Waals surface area contributed by atoms with Crippen LogP contribution in [-0.4, -0.2) is 97.6 Å². The van der Waals surface area contributed by atoms with Crippen molar-refractivity contribution < 1.29 is 28.9 Å². The highest BCUT2D eigenvalue weighted by molar-refractivity contribution is 6.76. The number of nitrogen functional groups attached to an aromatic ring is 1. The third kappa shape index (κ3) is 11.2. The van der Waals surface area contributed by atoms with Gasteiger partial charge in [0.25, 0.3) is 5.91 Å². The van der Waals surface area contributed by atoms with Crippen molar-refractivity contribution in [1.29, 1.82) is 0 Å². The highest BCUT2D eigenvalue weighted by Gasteiger charge is 2.45. The molecule has 2 fully saturated rings. The molecule has 2 aliphatic heterocycles. The molecule has 6 heterocycles. The van der Waals surface area contributed by atoms with Gasteiger partial charge in [0.05, 0.1) is 63.3 Å². The lowest BCUT2D eigenvalue weighted by Gasteiger charge is -2.44. The van der Waals surface area contributed by atoms with Crippen molar-refractivity contribution in [1.82, 2.24) is 39.5 Å². The fourth-order valence-corrected chi connectivity index (χ4v) is 9.24. The number of nitrogens with two attached hydrogens (primary N) is 1. The number of amides is 1. The van der Waals surface area contributed by atoms with E-state index < -0.39 is 14.0 Å². The summed E-state index contributed by atoms with van der Waals surface area (Å²) in [6.45, 7) is 12.5. The van der Waals surface area contributed by atoms with Crippen molar-refractivity contribution in [2.75, 3.05) is 44.1 Å². The van der Waals surface area contributed by atoms with Gasteiger partial charge in [-0.1, -0.05) is 87.7 Å². The van der Waals surface area contributed by atoms with E-state index in [0.717, 1.165) is 106 Å². The van der Waals surface area contributed by atoms with Crippen LogP contribution in [-0.2, 0) is 59.7 Å². The number of carboxylic acid groups (broad SMARTS) is 1. The van der Waals surface area contributed by atoms with E-state index in [0.29, 0.717) is 37.0 Å². The summed E-state index contributed by atoms with van der Waals surface area (Å²) in [5, 5.41) is 32.5. The van der Waals surface area contributed by atoms with E-state index in [1.54, 1.807) is 17.1 Å². The van der Waals surface area contributed by atoms with Gasteiger partial charge in [-0.05, 0) is 55.7 Å². The fraction of sp³-hybridized carbons (Fsp3) is 0.447. The molecule has 17 heteroatoms. The van der Waals surface area contributed by atoms with Gasteiger partial charge >= 0.3 is 5.97 Å². The minimum atomic E-state index is -1.12. The molecule has 1 amide bonds. The second kappa shape index (κ2) is 19.9. The monoisotopic (exact) mass is 890 g/mol. The molecule has 0 radical (unpaired) electrons. The van der Waals surface area contributed by atoms with Crippen molar-refractivity contribution in [3.8, 4) is 0 Å². The number of fused-ring (bicyclic) bond motifs is 2. The Hall–Kier alpha value is -5.88. The van der Waals surface area contributed by atoms with Crippen LogP contribution in [0.3, 0.4) is 0 Å². The summed E-state index contributed by atoms with van der Waals surface area (Å²) in [5.74, 6) is -1.14. The normalized spacial score (nSPS) is 16.4. The van der Waals surface area contributed by atoms with E-state index in [4.69, 9.17) is 19.9 Å². The number of carbonyl (C=O) groups is 2. The standard InChI is InChI=1S/C20H21N5O2.C16H26N2O4Si.C10H11N3.CH4/c26-19(18-16-8-20(12-27-13-20)7-6-17(16)23-24-18)22-15-9-21-25(11-15)10-14-4-2-1-3-5-14;1-23(2,3)7-6-21-11-18-13-4-5-16(9-22-10-16)8-12(13)14(17-18)15(19)20;11-10-6-12-13(8-10)7-9-4-2-1-3-5-9;/h1-5,9,11H,6-8,10,12-13H2,(H,22,26)(H,23,24);4-11H2,1-3H3,(H,19,20);1-6,8H,7,11H2;1H4. The number of hydrogen-bond acceptors (Lipinski definition) is 10. The fourth-order valence-electron chi connectivity index (χ4n) is 8.48. The van der Waals surface area contributed by atoms with Gasteiger partial charge in [0.2, 0.25) is 0 Å². The van der Waals surface area contributed by atoms with E-state index >= 15 is 0 Å². The zero-order valence-corrected chi connectivity index (χ0v) is 37.4. The molecule has 0 unspecified atom stereocenters. The molecular formula is C47H62N10O6Si. The number of nitrogens with zero attached hydrogens (tertiary/aromatic N) is 7. The number of aromatic carboxylic acids is 1. The van der Waals surface area contributed by atoms with Crippen LogP contribution in [0.2, 0.25) is 25.7 Å². The molecule has 4 aliphatic rings. The highest BCUT2D eigenvalue weighted by Crippen LogP contribution is 2.43. The summed E-state index contributed by atoms with van der Waals surface area (Å²) >= 11 is 0. The molecule has 0 bridgehead atoms. The maximum atomic E-state index is 12.8. The van der Waals surface area contributed by atoms with Crippen molar-refractivity contribution >= 4 is 31.3 Å².